The Bertz CT molecular complexity index is 539. The van der Waals surface area contributed by atoms with E-state index in [1.165, 1.54) is 11.6 Å². The fraction of sp³-hybridized carbons (Fsp3) is 0.294. The lowest BCUT2D eigenvalue weighted by atomic mass is 9.98. The number of rotatable bonds is 6. The Morgan fingerprint density at radius 2 is 1.75 bits per heavy atom. The zero-order valence-corrected chi connectivity index (χ0v) is 12.3. The number of hydrogen-bond donors (Lipinski definition) is 1. The van der Waals surface area contributed by atoms with Crippen molar-refractivity contribution in [2.75, 3.05) is 6.54 Å². The molecule has 3 heteroatoms. The maximum Gasteiger partial charge on any atom is 0.126 e. The van der Waals surface area contributed by atoms with Crippen LogP contribution in [0.1, 0.15) is 18.1 Å². The summed E-state index contributed by atoms with van der Waals surface area (Å²) >= 11 is 5.89. The molecule has 0 spiro atoms. The number of hydrogen-bond acceptors (Lipinski definition) is 1. The van der Waals surface area contributed by atoms with E-state index in [1.807, 2.05) is 36.4 Å². The summed E-state index contributed by atoms with van der Waals surface area (Å²) in [6.45, 7) is 2.93. The van der Waals surface area contributed by atoms with Crippen LogP contribution in [-0.4, -0.2) is 12.6 Å². The van der Waals surface area contributed by atoms with Crippen LogP contribution in [-0.2, 0) is 12.8 Å². The molecule has 0 radical (unpaired) electrons. The second-order valence-corrected chi connectivity index (χ2v) is 5.32. The van der Waals surface area contributed by atoms with Crippen molar-refractivity contribution in [2.24, 2.45) is 0 Å². The van der Waals surface area contributed by atoms with Crippen molar-refractivity contribution in [1.29, 1.82) is 0 Å². The Labute approximate surface area is 124 Å². The molecule has 1 atom stereocenters. The van der Waals surface area contributed by atoms with Crippen LogP contribution in [0.25, 0.3) is 0 Å². The number of likely N-dealkylation sites (N-methyl/N-ethyl adjacent to an activating group) is 1. The maximum absolute atomic E-state index is 13.7. The smallest absolute Gasteiger partial charge is 0.126 e. The van der Waals surface area contributed by atoms with Gasteiger partial charge in [0.2, 0.25) is 0 Å². The lowest BCUT2D eigenvalue weighted by molar-refractivity contribution is 0.506. The summed E-state index contributed by atoms with van der Waals surface area (Å²) in [6, 6.07) is 15.0. The lowest BCUT2D eigenvalue weighted by Gasteiger charge is -2.18. The van der Waals surface area contributed by atoms with Gasteiger partial charge in [0.05, 0.1) is 0 Å². The lowest BCUT2D eigenvalue weighted by Crippen LogP contribution is -2.33. The van der Waals surface area contributed by atoms with Gasteiger partial charge in [-0.05, 0) is 48.7 Å². The summed E-state index contributed by atoms with van der Waals surface area (Å²) in [5.41, 5.74) is 1.96. The van der Waals surface area contributed by atoms with E-state index in [-0.39, 0.29) is 11.9 Å². The van der Waals surface area contributed by atoms with Crippen LogP contribution in [0.3, 0.4) is 0 Å². The predicted molar refractivity (Wildman–Crippen MR) is 82.7 cm³/mol. The minimum atomic E-state index is -0.133. The van der Waals surface area contributed by atoms with Gasteiger partial charge in [0, 0.05) is 11.1 Å². The van der Waals surface area contributed by atoms with Crippen LogP contribution in [0.15, 0.2) is 48.5 Å². The van der Waals surface area contributed by atoms with E-state index in [9.17, 15) is 4.39 Å². The fourth-order valence-corrected chi connectivity index (χ4v) is 2.47. The van der Waals surface area contributed by atoms with E-state index < -0.39 is 0 Å². The number of nitrogens with one attached hydrogen (secondary N) is 1. The number of halogens is 2. The highest BCUT2D eigenvalue weighted by Crippen LogP contribution is 2.14. The van der Waals surface area contributed by atoms with Crippen LogP contribution in [0, 0.1) is 5.82 Å². The molecule has 0 aliphatic carbocycles. The molecule has 0 aliphatic heterocycles. The van der Waals surface area contributed by atoms with Gasteiger partial charge in [0.15, 0.2) is 0 Å². The summed E-state index contributed by atoms with van der Waals surface area (Å²) in [7, 11) is 0. The summed E-state index contributed by atoms with van der Waals surface area (Å²) < 4.78 is 13.7. The van der Waals surface area contributed by atoms with E-state index in [1.54, 1.807) is 6.07 Å². The Hall–Kier alpha value is -1.38. The molecule has 2 aromatic rings. The van der Waals surface area contributed by atoms with Gasteiger partial charge in [-0.1, -0.05) is 48.9 Å². The van der Waals surface area contributed by atoms with Crippen molar-refractivity contribution in [2.45, 2.75) is 25.8 Å². The van der Waals surface area contributed by atoms with Crippen molar-refractivity contribution in [1.82, 2.24) is 5.32 Å². The van der Waals surface area contributed by atoms with Crippen molar-refractivity contribution < 1.29 is 4.39 Å². The summed E-state index contributed by atoms with van der Waals surface area (Å²) in [5, 5.41) is 4.16. The van der Waals surface area contributed by atoms with Crippen molar-refractivity contribution in [3.05, 3.63) is 70.5 Å². The predicted octanol–water partition coefficient (Wildman–Crippen LogP) is 4.24. The average Bonchev–Trinajstić information content (AvgIpc) is 2.44. The molecule has 20 heavy (non-hydrogen) atoms. The van der Waals surface area contributed by atoms with E-state index in [4.69, 9.17) is 11.6 Å². The zero-order valence-electron chi connectivity index (χ0n) is 11.6. The first-order valence-corrected chi connectivity index (χ1v) is 7.28. The Morgan fingerprint density at radius 3 is 2.40 bits per heavy atom. The largest absolute Gasteiger partial charge is 0.314 e. The summed E-state index contributed by atoms with van der Waals surface area (Å²) in [4.78, 5) is 0. The van der Waals surface area contributed by atoms with Crippen molar-refractivity contribution in [3.63, 3.8) is 0 Å². The molecule has 2 rings (SSSR count). The molecule has 0 heterocycles. The molecule has 1 unspecified atom stereocenters. The van der Waals surface area contributed by atoms with Crippen LogP contribution >= 0.6 is 11.6 Å². The van der Waals surface area contributed by atoms with E-state index >= 15 is 0 Å². The molecule has 1 nitrogen and oxygen atoms in total. The first-order valence-electron chi connectivity index (χ1n) is 6.90. The normalized spacial score (nSPS) is 12.3. The molecular formula is C17H19ClFN. The van der Waals surface area contributed by atoms with Crippen molar-refractivity contribution in [3.8, 4) is 0 Å². The monoisotopic (exact) mass is 291 g/mol. The van der Waals surface area contributed by atoms with E-state index in [0.717, 1.165) is 23.6 Å². The second kappa shape index (κ2) is 7.41. The molecule has 0 fully saturated rings. The first kappa shape index (κ1) is 15.0. The highest BCUT2D eigenvalue weighted by molar-refractivity contribution is 6.30. The van der Waals surface area contributed by atoms with Gasteiger partial charge in [0.1, 0.15) is 5.82 Å². The van der Waals surface area contributed by atoms with Crippen LogP contribution < -0.4 is 5.32 Å². The molecule has 1 N–H and O–H groups in total. The zero-order chi connectivity index (χ0) is 14.4. The molecule has 0 saturated heterocycles. The topological polar surface area (TPSA) is 12.0 Å². The second-order valence-electron chi connectivity index (χ2n) is 4.88. The standard InChI is InChI=1S/C17H19ClFN/c1-2-20-16(11-13-7-9-15(18)10-8-13)12-14-5-3-4-6-17(14)19/h3-10,16,20H,2,11-12H2,1H3. The molecule has 106 valence electrons. The average molecular weight is 292 g/mol. The SMILES string of the molecule is CCNC(Cc1ccc(Cl)cc1)Cc1ccccc1F. The van der Waals surface area contributed by atoms with Gasteiger partial charge in [-0.25, -0.2) is 4.39 Å². The number of benzene rings is 2. The maximum atomic E-state index is 13.7. The molecule has 0 saturated carbocycles. The Kier molecular flexibility index (Phi) is 5.57. The first-order chi connectivity index (χ1) is 9.69. The van der Waals surface area contributed by atoms with Gasteiger partial charge in [-0.15, -0.1) is 0 Å². The van der Waals surface area contributed by atoms with Gasteiger partial charge in [-0.3, -0.25) is 0 Å². The van der Waals surface area contributed by atoms with Crippen LogP contribution in [0.2, 0.25) is 5.02 Å². The third-order valence-electron chi connectivity index (χ3n) is 3.31. The molecule has 0 aromatic heterocycles. The highest BCUT2D eigenvalue weighted by Gasteiger charge is 2.12. The van der Waals surface area contributed by atoms with Gasteiger partial charge in [0.25, 0.3) is 0 Å². The Balaban J connectivity index is 2.07. The third-order valence-corrected chi connectivity index (χ3v) is 3.56. The van der Waals surface area contributed by atoms with Gasteiger partial charge in [-0.2, -0.15) is 0 Å². The quantitative estimate of drug-likeness (QED) is 0.839. The van der Waals surface area contributed by atoms with Gasteiger partial charge >= 0.3 is 0 Å². The summed E-state index contributed by atoms with van der Waals surface area (Å²) in [5.74, 6) is -0.133. The Morgan fingerprint density at radius 1 is 1.05 bits per heavy atom. The van der Waals surface area contributed by atoms with Crippen LogP contribution in [0.4, 0.5) is 4.39 Å². The third kappa shape index (κ3) is 4.32. The van der Waals surface area contributed by atoms with Crippen molar-refractivity contribution >= 4 is 11.6 Å². The summed E-state index contributed by atoms with van der Waals surface area (Å²) in [6.07, 6.45) is 1.54. The van der Waals surface area contributed by atoms with E-state index in [2.05, 4.69) is 12.2 Å². The molecular weight excluding hydrogens is 273 g/mol. The molecule has 2 aromatic carbocycles. The minimum Gasteiger partial charge on any atom is -0.314 e. The highest BCUT2D eigenvalue weighted by atomic mass is 35.5. The molecule has 0 bridgehead atoms. The molecule has 0 aliphatic rings. The minimum absolute atomic E-state index is 0.133. The van der Waals surface area contributed by atoms with Crippen LogP contribution in [0.5, 0.6) is 0 Å². The molecule has 0 amide bonds. The fourth-order valence-electron chi connectivity index (χ4n) is 2.34. The van der Waals surface area contributed by atoms with Gasteiger partial charge < -0.3 is 5.32 Å². The van der Waals surface area contributed by atoms with E-state index in [0.29, 0.717) is 6.42 Å².